The van der Waals surface area contributed by atoms with Crippen LogP contribution >= 0.6 is 11.8 Å². The van der Waals surface area contributed by atoms with Gasteiger partial charge in [-0.05, 0) is 6.07 Å². The lowest BCUT2D eigenvalue weighted by atomic mass is 10.2. The van der Waals surface area contributed by atoms with Crippen molar-refractivity contribution in [1.82, 2.24) is 24.8 Å². The monoisotopic (exact) mass is 440 g/mol. The van der Waals surface area contributed by atoms with Crippen molar-refractivity contribution in [1.29, 1.82) is 0 Å². The van der Waals surface area contributed by atoms with Gasteiger partial charge >= 0.3 is 0 Å². The number of aliphatic hydroxyl groups excluding tert-OH is 1. The Hall–Kier alpha value is -3.00. The minimum atomic E-state index is -0.650. The zero-order chi connectivity index (χ0) is 22.0. The van der Waals surface area contributed by atoms with E-state index in [2.05, 4.69) is 26.2 Å². The van der Waals surface area contributed by atoms with Gasteiger partial charge in [0, 0.05) is 29.1 Å². The summed E-state index contributed by atoms with van der Waals surface area (Å²) in [6.07, 6.45) is 6.48. The number of ether oxygens (including phenoxy) is 2. The molecule has 1 aliphatic rings. The van der Waals surface area contributed by atoms with Gasteiger partial charge in [0.15, 0.2) is 33.6 Å². The Morgan fingerprint density at radius 1 is 1.29 bits per heavy atom. The van der Waals surface area contributed by atoms with Crippen LogP contribution in [-0.4, -0.2) is 56.5 Å². The van der Waals surface area contributed by atoms with Crippen LogP contribution < -0.4 is 20.5 Å². The number of fused-ring (bicyclic) bond motifs is 2. The van der Waals surface area contributed by atoms with Crippen molar-refractivity contribution >= 4 is 28.7 Å². The molecular weight excluding hydrogens is 416 g/mol. The van der Waals surface area contributed by atoms with Crippen LogP contribution in [0.2, 0.25) is 0 Å². The lowest BCUT2D eigenvalue weighted by Gasteiger charge is -2.20. The van der Waals surface area contributed by atoms with E-state index in [4.69, 9.17) is 21.6 Å². The van der Waals surface area contributed by atoms with E-state index in [0.29, 0.717) is 53.1 Å². The molecule has 3 aromatic rings. The van der Waals surface area contributed by atoms with Gasteiger partial charge in [-0.15, -0.1) is 6.42 Å². The highest BCUT2D eigenvalue weighted by Gasteiger charge is 2.21. The molecule has 0 aliphatic carbocycles. The fraction of sp³-hybridized carbons (Fsp3) is 0.381. The Morgan fingerprint density at radius 3 is 2.74 bits per heavy atom. The molecule has 1 aliphatic heterocycles. The molecule has 162 valence electrons. The van der Waals surface area contributed by atoms with Crippen molar-refractivity contribution in [3.8, 4) is 23.8 Å². The smallest absolute Gasteiger partial charge is 0.175 e. The van der Waals surface area contributed by atoms with E-state index in [9.17, 15) is 5.11 Å². The number of aromatic nitrogens is 4. The molecule has 0 fully saturated rings. The summed E-state index contributed by atoms with van der Waals surface area (Å²) in [5.41, 5.74) is 7.72. The van der Waals surface area contributed by atoms with Gasteiger partial charge < -0.3 is 30.2 Å². The molecule has 3 heterocycles. The van der Waals surface area contributed by atoms with Crippen molar-refractivity contribution in [3.63, 3.8) is 0 Å². The van der Waals surface area contributed by atoms with Crippen LogP contribution in [0.1, 0.15) is 19.4 Å². The van der Waals surface area contributed by atoms with Crippen LogP contribution in [-0.2, 0) is 6.54 Å². The van der Waals surface area contributed by atoms with Crippen molar-refractivity contribution in [2.24, 2.45) is 0 Å². The Balaban J connectivity index is 1.72. The Kier molecular flexibility index (Phi) is 6.18. The highest BCUT2D eigenvalue weighted by atomic mass is 32.2. The first-order valence-corrected chi connectivity index (χ1v) is 10.7. The molecule has 31 heavy (non-hydrogen) atoms. The number of terminal acetylenes is 1. The number of hydrogen-bond donors (Lipinski definition) is 3. The normalized spacial score (nSPS) is 14.0. The van der Waals surface area contributed by atoms with Gasteiger partial charge in [-0.1, -0.05) is 31.5 Å². The third-order valence-corrected chi connectivity index (χ3v) is 5.73. The molecule has 1 unspecified atom stereocenters. The fourth-order valence-corrected chi connectivity index (χ4v) is 4.19. The van der Waals surface area contributed by atoms with Crippen LogP contribution in [0.4, 0.5) is 5.82 Å². The van der Waals surface area contributed by atoms with E-state index < -0.39 is 6.10 Å². The van der Waals surface area contributed by atoms with Crippen LogP contribution in [0.3, 0.4) is 0 Å². The molecule has 0 bridgehead atoms. The molecule has 4 N–H and O–H groups in total. The van der Waals surface area contributed by atoms with E-state index in [-0.39, 0.29) is 18.4 Å². The van der Waals surface area contributed by atoms with E-state index in [1.54, 1.807) is 6.07 Å². The zero-order valence-corrected chi connectivity index (χ0v) is 18.1. The van der Waals surface area contributed by atoms with E-state index in [1.807, 2.05) is 24.5 Å². The van der Waals surface area contributed by atoms with Crippen LogP contribution in [0.5, 0.6) is 11.5 Å². The number of anilines is 1. The van der Waals surface area contributed by atoms with E-state index >= 15 is 0 Å². The minimum Gasteiger partial charge on any atom is -0.486 e. The second-order valence-electron chi connectivity index (χ2n) is 7.39. The van der Waals surface area contributed by atoms with Crippen LogP contribution in [0.15, 0.2) is 28.5 Å². The number of nitrogens with two attached hydrogens (primary N) is 1. The van der Waals surface area contributed by atoms with Gasteiger partial charge in [-0.25, -0.2) is 15.0 Å². The van der Waals surface area contributed by atoms with Crippen LogP contribution in [0, 0.1) is 12.3 Å². The predicted molar refractivity (Wildman–Crippen MR) is 118 cm³/mol. The SMILES string of the molecule is C#Cc1cc2c(cc1Sc1nc3c(N)ncnc3n1CC(O)CNC(C)C)OCCO2. The predicted octanol–water partition coefficient (Wildman–Crippen LogP) is 1.67. The number of imidazole rings is 1. The number of rotatable bonds is 7. The van der Waals surface area contributed by atoms with Crippen molar-refractivity contribution in [2.45, 2.75) is 42.6 Å². The maximum absolute atomic E-state index is 10.6. The average molecular weight is 441 g/mol. The number of nitrogens with zero attached hydrogens (tertiary/aromatic N) is 4. The van der Waals surface area contributed by atoms with Crippen molar-refractivity contribution in [2.75, 3.05) is 25.5 Å². The van der Waals surface area contributed by atoms with Crippen LogP contribution in [0.25, 0.3) is 11.2 Å². The summed E-state index contributed by atoms with van der Waals surface area (Å²) >= 11 is 1.36. The molecule has 10 heteroatoms. The highest BCUT2D eigenvalue weighted by molar-refractivity contribution is 7.99. The molecule has 0 amide bonds. The third-order valence-electron chi connectivity index (χ3n) is 4.68. The van der Waals surface area contributed by atoms with Gasteiger partial charge in [-0.3, -0.25) is 0 Å². The Morgan fingerprint density at radius 2 is 2.03 bits per heavy atom. The number of hydrogen-bond acceptors (Lipinski definition) is 9. The number of nitrogens with one attached hydrogen (secondary N) is 1. The topological polar surface area (TPSA) is 120 Å². The largest absolute Gasteiger partial charge is 0.486 e. The molecule has 0 radical (unpaired) electrons. The van der Waals surface area contributed by atoms with Gasteiger partial charge in [0.25, 0.3) is 0 Å². The first kappa shape index (κ1) is 21.2. The Bertz CT molecular complexity index is 1140. The third kappa shape index (κ3) is 4.54. The lowest BCUT2D eigenvalue weighted by Crippen LogP contribution is -2.34. The minimum absolute atomic E-state index is 0.261. The molecule has 4 rings (SSSR count). The first-order valence-electron chi connectivity index (χ1n) is 9.92. The van der Waals surface area contributed by atoms with Gasteiger partial charge in [0.05, 0.1) is 12.6 Å². The molecule has 0 saturated heterocycles. The standard InChI is InChI=1S/C21H24N6O3S/c1-4-13-7-15-16(30-6-5-29-15)8-17(13)31-21-26-18-19(22)24-11-25-20(18)27(21)10-14(28)9-23-12(2)3/h1,7-8,11-12,14,23,28H,5-6,9-10H2,2-3H3,(H2,22,24,25). The molecule has 1 aromatic carbocycles. The summed E-state index contributed by atoms with van der Waals surface area (Å²) < 4.78 is 13.2. The summed E-state index contributed by atoms with van der Waals surface area (Å²) in [4.78, 5) is 13.8. The molecule has 0 saturated carbocycles. The molecular formula is C21H24N6O3S. The Labute approximate surface area is 184 Å². The van der Waals surface area contributed by atoms with Gasteiger partial charge in [0.1, 0.15) is 19.5 Å². The highest BCUT2D eigenvalue weighted by Crippen LogP contribution is 2.40. The molecule has 2 aromatic heterocycles. The van der Waals surface area contributed by atoms with Crippen molar-refractivity contribution < 1.29 is 14.6 Å². The molecule has 9 nitrogen and oxygen atoms in total. The second kappa shape index (κ2) is 9.01. The van der Waals surface area contributed by atoms with E-state index in [0.717, 1.165) is 4.90 Å². The summed E-state index contributed by atoms with van der Waals surface area (Å²) in [5, 5.41) is 14.4. The number of benzene rings is 1. The fourth-order valence-electron chi connectivity index (χ4n) is 3.19. The average Bonchev–Trinajstić information content (AvgIpc) is 3.10. The second-order valence-corrected chi connectivity index (χ2v) is 8.40. The molecule has 0 spiro atoms. The summed E-state index contributed by atoms with van der Waals surface area (Å²) in [6, 6.07) is 3.90. The number of aliphatic hydroxyl groups is 1. The number of nitrogen functional groups attached to an aromatic ring is 1. The first-order chi connectivity index (χ1) is 15.0. The summed E-state index contributed by atoms with van der Waals surface area (Å²) in [5.74, 6) is 4.24. The van der Waals surface area contributed by atoms with Crippen molar-refractivity contribution in [3.05, 3.63) is 24.0 Å². The maximum Gasteiger partial charge on any atom is 0.175 e. The summed E-state index contributed by atoms with van der Waals surface area (Å²) in [6.45, 7) is 5.73. The quantitative estimate of drug-likeness (QED) is 0.471. The van der Waals surface area contributed by atoms with Gasteiger partial charge in [-0.2, -0.15) is 0 Å². The van der Waals surface area contributed by atoms with Gasteiger partial charge in [0.2, 0.25) is 0 Å². The maximum atomic E-state index is 10.6. The van der Waals surface area contributed by atoms with E-state index in [1.165, 1.54) is 18.1 Å². The molecule has 1 atom stereocenters. The summed E-state index contributed by atoms with van der Waals surface area (Å²) in [7, 11) is 0. The lowest BCUT2D eigenvalue weighted by molar-refractivity contribution is 0.147. The zero-order valence-electron chi connectivity index (χ0n) is 17.3.